The molecule has 0 amide bonds. The summed E-state index contributed by atoms with van der Waals surface area (Å²) in [6.45, 7) is 8.32. The standard InChI is InChI=1S/C21H36N10O3/c1-2-3-4-5-7-32-9-11-34-12-10-33-8-6-31-18-21(26-29-31)17-30(15-19-13-22-27-24-19)16-20-14-23-28-25-20/h13-14,18H,2-12,15-17H2,1H3,(H,22,24,27)(H,23,25,28). The molecule has 0 spiro atoms. The average molecular weight is 477 g/mol. The number of ether oxygens (including phenoxy) is 3. The first-order valence-electron chi connectivity index (χ1n) is 11.9. The Hall–Kier alpha value is -2.74. The molecule has 0 saturated carbocycles. The normalized spacial score (nSPS) is 11.6. The van der Waals surface area contributed by atoms with Gasteiger partial charge in [0.15, 0.2) is 0 Å². The van der Waals surface area contributed by atoms with E-state index in [1.54, 1.807) is 17.1 Å². The topological polar surface area (TPSA) is 145 Å². The third kappa shape index (κ3) is 10.5. The summed E-state index contributed by atoms with van der Waals surface area (Å²) < 4.78 is 18.5. The summed E-state index contributed by atoms with van der Waals surface area (Å²) >= 11 is 0. The lowest BCUT2D eigenvalue weighted by Gasteiger charge is -2.18. The molecular weight excluding hydrogens is 440 g/mol. The number of hydrogen-bond acceptors (Lipinski definition) is 10. The van der Waals surface area contributed by atoms with Crippen LogP contribution < -0.4 is 0 Å². The molecule has 3 aromatic heterocycles. The third-order valence-electron chi connectivity index (χ3n) is 5.02. The zero-order chi connectivity index (χ0) is 23.7. The number of rotatable bonds is 20. The van der Waals surface area contributed by atoms with Crippen molar-refractivity contribution in [3.8, 4) is 0 Å². The molecule has 0 saturated heterocycles. The largest absolute Gasteiger partial charge is 0.379 e. The Morgan fingerprint density at radius 2 is 1.38 bits per heavy atom. The van der Waals surface area contributed by atoms with E-state index in [0.29, 0.717) is 59.2 Å². The van der Waals surface area contributed by atoms with Gasteiger partial charge >= 0.3 is 0 Å². The van der Waals surface area contributed by atoms with Gasteiger partial charge in [0.2, 0.25) is 0 Å². The molecule has 0 radical (unpaired) electrons. The van der Waals surface area contributed by atoms with Crippen LogP contribution in [0.25, 0.3) is 0 Å². The summed E-state index contributed by atoms with van der Waals surface area (Å²) in [7, 11) is 0. The van der Waals surface area contributed by atoms with E-state index >= 15 is 0 Å². The Morgan fingerprint density at radius 3 is 2.00 bits per heavy atom. The van der Waals surface area contributed by atoms with Gasteiger partial charge in [0.05, 0.1) is 69.1 Å². The van der Waals surface area contributed by atoms with E-state index in [9.17, 15) is 0 Å². The lowest BCUT2D eigenvalue weighted by Crippen LogP contribution is -2.23. The van der Waals surface area contributed by atoms with Crippen LogP contribution in [0.2, 0.25) is 0 Å². The lowest BCUT2D eigenvalue weighted by atomic mass is 10.2. The molecule has 0 aliphatic carbocycles. The van der Waals surface area contributed by atoms with Gasteiger partial charge in [0, 0.05) is 32.4 Å². The van der Waals surface area contributed by atoms with Crippen LogP contribution in [0.15, 0.2) is 18.6 Å². The molecular formula is C21H36N10O3. The lowest BCUT2D eigenvalue weighted by molar-refractivity contribution is 0.0121. The van der Waals surface area contributed by atoms with Gasteiger partial charge < -0.3 is 14.2 Å². The second-order valence-electron chi connectivity index (χ2n) is 7.94. The van der Waals surface area contributed by atoms with Crippen molar-refractivity contribution in [3.63, 3.8) is 0 Å². The molecule has 3 aromatic rings. The van der Waals surface area contributed by atoms with Crippen LogP contribution in [-0.4, -0.2) is 90.4 Å². The smallest absolute Gasteiger partial charge is 0.0967 e. The second-order valence-corrected chi connectivity index (χ2v) is 7.94. The molecule has 0 aliphatic heterocycles. The van der Waals surface area contributed by atoms with Crippen molar-refractivity contribution in [1.82, 2.24) is 50.7 Å². The van der Waals surface area contributed by atoms with Crippen LogP contribution >= 0.6 is 0 Å². The Morgan fingerprint density at radius 1 is 0.765 bits per heavy atom. The van der Waals surface area contributed by atoms with Crippen molar-refractivity contribution in [3.05, 3.63) is 35.7 Å². The first kappa shape index (κ1) is 25.9. The Kier molecular flexibility index (Phi) is 12.2. The van der Waals surface area contributed by atoms with Crippen LogP contribution in [0, 0.1) is 0 Å². The minimum absolute atomic E-state index is 0.543. The van der Waals surface area contributed by atoms with Gasteiger partial charge in [-0.2, -0.15) is 30.8 Å². The number of aromatic amines is 2. The first-order valence-corrected chi connectivity index (χ1v) is 11.9. The van der Waals surface area contributed by atoms with Crippen molar-refractivity contribution < 1.29 is 14.2 Å². The molecule has 0 unspecified atom stereocenters. The molecule has 0 fully saturated rings. The zero-order valence-corrected chi connectivity index (χ0v) is 19.9. The van der Waals surface area contributed by atoms with Crippen LogP contribution in [0.3, 0.4) is 0 Å². The van der Waals surface area contributed by atoms with Crippen LogP contribution in [0.4, 0.5) is 0 Å². The fourth-order valence-electron chi connectivity index (χ4n) is 3.31. The van der Waals surface area contributed by atoms with Crippen LogP contribution in [-0.2, 0) is 40.4 Å². The maximum atomic E-state index is 5.64. The van der Waals surface area contributed by atoms with Crippen molar-refractivity contribution >= 4 is 0 Å². The number of aromatic nitrogens is 9. The second kappa shape index (κ2) is 16.0. The van der Waals surface area contributed by atoms with E-state index in [-0.39, 0.29) is 0 Å². The number of hydrogen-bond donors (Lipinski definition) is 2. The molecule has 13 heteroatoms. The Balaban J connectivity index is 1.26. The first-order chi connectivity index (χ1) is 16.8. The Labute approximate surface area is 199 Å². The Bertz CT molecular complexity index is 820. The molecule has 0 aromatic carbocycles. The van der Waals surface area contributed by atoms with Crippen molar-refractivity contribution in [2.24, 2.45) is 0 Å². The summed E-state index contributed by atoms with van der Waals surface area (Å²) in [5, 5.41) is 29.8. The molecule has 2 N–H and O–H groups in total. The van der Waals surface area contributed by atoms with E-state index in [4.69, 9.17) is 14.2 Å². The van der Waals surface area contributed by atoms with Gasteiger partial charge in [-0.05, 0) is 6.42 Å². The number of nitrogens with zero attached hydrogens (tertiary/aromatic N) is 8. The third-order valence-corrected chi connectivity index (χ3v) is 5.02. The molecule has 13 nitrogen and oxygen atoms in total. The van der Waals surface area contributed by atoms with Crippen molar-refractivity contribution in [2.75, 3.05) is 39.6 Å². The quantitative estimate of drug-likeness (QED) is 0.229. The van der Waals surface area contributed by atoms with Gasteiger partial charge in [-0.1, -0.05) is 31.4 Å². The van der Waals surface area contributed by atoms with E-state index in [1.165, 1.54) is 19.3 Å². The summed E-state index contributed by atoms with van der Waals surface area (Å²) in [4.78, 5) is 2.15. The van der Waals surface area contributed by atoms with Crippen molar-refractivity contribution in [2.45, 2.75) is 58.8 Å². The van der Waals surface area contributed by atoms with E-state index in [2.05, 4.69) is 53.0 Å². The zero-order valence-electron chi connectivity index (χ0n) is 19.9. The predicted molar refractivity (Wildman–Crippen MR) is 122 cm³/mol. The summed E-state index contributed by atoms with van der Waals surface area (Å²) in [6, 6.07) is 0. The maximum absolute atomic E-state index is 5.64. The molecule has 3 rings (SSSR count). The number of nitrogens with one attached hydrogen (secondary N) is 2. The SMILES string of the molecule is CCCCCCOCCOCCOCCn1cc(CN(Cc2cn[nH]n2)Cc2cn[nH]n2)nn1. The number of H-pyrrole nitrogens is 2. The van der Waals surface area contributed by atoms with Gasteiger partial charge in [-0.3, -0.25) is 4.90 Å². The fraction of sp³-hybridized carbons (Fsp3) is 0.714. The highest BCUT2D eigenvalue weighted by Gasteiger charge is 2.13. The summed E-state index contributed by atoms with van der Waals surface area (Å²) in [5.41, 5.74) is 2.53. The molecule has 3 heterocycles. The van der Waals surface area contributed by atoms with Gasteiger partial charge in [0.25, 0.3) is 0 Å². The van der Waals surface area contributed by atoms with Gasteiger partial charge in [0.1, 0.15) is 0 Å². The van der Waals surface area contributed by atoms with E-state index in [0.717, 1.165) is 30.1 Å². The summed E-state index contributed by atoms with van der Waals surface area (Å²) in [5.74, 6) is 0. The van der Waals surface area contributed by atoms with Gasteiger partial charge in [-0.15, -0.1) is 5.10 Å². The van der Waals surface area contributed by atoms with E-state index in [1.807, 2.05) is 6.20 Å². The molecule has 0 bridgehead atoms. The monoisotopic (exact) mass is 476 g/mol. The highest BCUT2D eigenvalue weighted by molar-refractivity contribution is 4.98. The molecule has 34 heavy (non-hydrogen) atoms. The minimum Gasteiger partial charge on any atom is -0.379 e. The fourth-order valence-corrected chi connectivity index (χ4v) is 3.31. The molecule has 0 atom stereocenters. The summed E-state index contributed by atoms with van der Waals surface area (Å²) in [6.07, 6.45) is 10.2. The molecule has 0 aliphatic rings. The predicted octanol–water partition coefficient (Wildman–Crippen LogP) is 1.35. The minimum atomic E-state index is 0.543. The maximum Gasteiger partial charge on any atom is 0.0967 e. The van der Waals surface area contributed by atoms with Gasteiger partial charge in [-0.25, -0.2) is 4.68 Å². The van der Waals surface area contributed by atoms with E-state index < -0.39 is 0 Å². The van der Waals surface area contributed by atoms with Crippen molar-refractivity contribution in [1.29, 1.82) is 0 Å². The highest BCUT2D eigenvalue weighted by atomic mass is 16.5. The highest BCUT2D eigenvalue weighted by Crippen LogP contribution is 2.09. The average Bonchev–Trinajstić information content (AvgIpc) is 3.61. The van der Waals surface area contributed by atoms with Crippen LogP contribution in [0.1, 0.15) is 49.7 Å². The number of unbranched alkanes of at least 4 members (excludes halogenated alkanes) is 3. The van der Waals surface area contributed by atoms with Crippen LogP contribution in [0.5, 0.6) is 0 Å². The molecule has 188 valence electrons.